The summed E-state index contributed by atoms with van der Waals surface area (Å²) in [6.45, 7) is 6.87. The summed E-state index contributed by atoms with van der Waals surface area (Å²) in [7, 11) is 1.66. The third-order valence-corrected chi connectivity index (χ3v) is 4.36. The second-order valence-electron chi connectivity index (χ2n) is 6.07. The summed E-state index contributed by atoms with van der Waals surface area (Å²) in [6, 6.07) is 12.4. The Bertz CT molecular complexity index is 707. The molecule has 0 atom stereocenters. The predicted octanol–water partition coefficient (Wildman–Crippen LogP) is 3.99. The zero-order chi connectivity index (χ0) is 17.5. The lowest BCUT2D eigenvalue weighted by molar-refractivity contribution is -0.120. The molecule has 0 unspecified atom stereocenters. The number of hydrogen-bond acceptors (Lipinski definition) is 2. The molecule has 3 nitrogen and oxygen atoms in total. The van der Waals surface area contributed by atoms with E-state index in [1.165, 1.54) is 16.7 Å². The molecule has 0 bridgehead atoms. The van der Waals surface area contributed by atoms with E-state index in [9.17, 15) is 4.79 Å². The van der Waals surface area contributed by atoms with Crippen molar-refractivity contribution in [1.29, 1.82) is 0 Å². The number of benzene rings is 2. The van der Waals surface area contributed by atoms with Gasteiger partial charge in [0.15, 0.2) is 0 Å². The Morgan fingerprint density at radius 2 is 1.75 bits per heavy atom. The van der Waals surface area contributed by atoms with Crippen LogP contribution in [0.25, 0.3) is 0 Å². The van der Waals surface area contributed by atoms with Gasteiger partial charge in [-0.3, -0.25) is 4.79 Å². The second kappa shape index (κ2) is 8.53. The number of rotatable bonds is 7. The van der Waals surface area contributed by atoms with Crippen LogP contribution in [0.5, 0.6) is 5.75 Å². The van der Waals surface area contributed by atoms with Gasteiger partial charge in [-0.15, -0.1) is 0 Å². The highest BCUT2D eigenvalue weighted by Crippen LogP contribution is 2.19. The highest BCUT2D eigenvalue weighted by molar-refractivity contribution is 5.78. The largest absolute Gasteiger partial charge is 0.496 e. The van der Waals surface area contributed by atoms with Crippen LogP contribution in [0, 0.1) is 6.92 Å². The van der Waals surface area contributed by atoms with Gasteiger partial charge in [-0.05, 0) is 53.6 Å². The van der Waals surface area contributed by atoms with Crippen molar-refractivity contribution >= 4 is 5.91 Å². The van der Waals surface area contributed by atoms with Gasteiger partial charge in [-0.2, -0.15) is 0 Å². The molecule has 128 valence electrons. The molecular formula is C21H27NO2. The third kappa shape index (κ3) is 4.60. The number of aryl methyl sites for hydroxylation is 3. The SMILES string of the molecule is CCc1ccc(CC)c(CNC(=O)Cc2ccc(OC)c(C)c2)c1. The van der Waals surface area contributed by atoms with Crippen molar-refractivity contribution in [3.8, 4) is 5.75 Å². The first-order valence-corrected chi connectivity index (χ1v) is 8.58. The van der Waals surface area contributed by atoms with Gasteiger partial charge >= 0.3 is 0 Å². The molecule has 0 aromatic heterocycles. The molecule has 0 aliphatic heterocycles. The molecule has 24 heavy (non-hydrogen) atoms. The zero-order valence-electron chi connectivity index (χ0n) is 15.1. The van der Waals surface area contributed by atoms with Crippen LogP contribution in [0.2, 0.25) is 0 Å². The number of nitrogens with one attached hydrogen (secondary N) is 1. The van der Waals surface area contributed by atoms with Gasteiger partial charge in [0.1, 0.15) is 5.75 Å². The van der Waals surface area contributed by atoms with E-state index >= 15 is 0 Å². The molecule has 0 saturated carbocycles. The van der Waals surface area contributed by atoms with Crippen LogP contribution >= 0.6 is 0 Å². The molecule has 0 fully saturated rings. The van der Waals surface area contributed by atoms with Crippen molar-refractivity contribution in [3.05, 3.63) is 64.2 Å². The summed E-state index contributed by atoms with van der Waals surface area (Å²) in [4.78, 5) is 12.3. The molecule has 2 aromatic carbocycles. The van der Waals surface area contributed by atoms with Crippen LogP contribution in [0.3, 0.4) is 0 Å². The monoisotopic (exact) mass is 325 g/mol. The molecule has 3 heteroatoms. The van der Waals surface area contributed by atoms with E-state index in [2.05, 4.69) is 37.4 Å². The minimum absolute atomic E-state index is 0.0449. The Morgan fingerprint density at radius 1 is 1.00 bits per heavy atom. The minimum Gasteiger partial charge on any atom is -0.496 e. The maximum absolute atomic E-state index is 12.3. The van der Waals surface area contributed by atoms with Gasteiger partial charge in [0, 0.05) is 6.54 Å². The van der Waals surface area contributed by atoms with Gasteiger partial charge in [0.05, 0.1) is 13.5 Å². The van der Waals surface area contributed by atoms with E-state index in [0.717, 1.165) is 29.7 Å². The van der Waals surface area contributed by atoms with Crippen LogP contribution in [-0.4, -0.2) is 13.0 Å². The summed E-state index contributed by atoms with van der Waals surface area (Å²) >= 11 is 0. The number of amides is 1. The second-order valence-corrected chi connectivity index (χ2v) is 6.07. The van der Waals surface area contributed by atoms with Gasteiger partial charge in [-0.1, -0.05) is 44.2 Å². The summed E-state index contributed by atoms with van der Waals surface area (Å²) in [6.07, 6.45) is 2.38. The lowest BCUT2D eigenvalue weighted by Gasteiger charge is -2.12. The number of ether oxygens (including phenoxy) is 1. The maximum atomic E-state index is 12.3. The molecule has 0 heterocycles. The minimum atomic E-state index is 0.0449. The molecule has 0 aliphatic rings. The van der Waals surface area contributed by atoms with Crippen LogP contribution in [0.1, 0.15) is 41.7 Å². The molecular weight excluding hydrogens is 298 g/mol. The molecule has 1 N–H and O–H groups in total. The fraction of sp³-hybridized carbons (Fsp3) is 0.381. The summed E-state index contributed by atoms with van der Waals surface area (Å²) < 4.78 is 5.26. The van der Waals surface area contributed by atoms with Crippen LogP contribution in [-0.2, 0) is 30.6 Å². The number of methoxy groups -OCH3 is 1. The molecule has 2 rings (SSSR count). The lowest BCUT2D eigenvalue weighted by atomic mass is 10.0. The van der Waals surface area contributed by atoms with Crippen molar-refractivity contribution < 1.29 is 9.53 Å². The number of hydrogen-bond donors (Lipinski definition) is 1. The van der Waals surface area contributed by atoms with E-state index in [1.807, 2.05) is 25.1 Å². The first kappa shape index (κ1) is 18.1. The van der Waals surface area contributed by atoms with Crippen molar-refractivity contribution in [2.24, 2.45) is 0 Å². The molecule has 0 saturated heterocycles. The lowest BCUT2D eigenvalue weighted by Crippen LogP contribution is -2.25. The zero-order valence-corrected chi connectivity index (χ0v) is 15.1. The van der Waals surface area contributed by atoms with Gasteiger partial charge in [0.25, 0.3) is 0 Å². The fourth-order valence-electron chi connectivity index (χ4n) is 2.90. The average Bonchev–Trinajstić information content (AvgIpc) is 2.59. The van der Waals surface area contributed by atoms with E-state index in [4.69, 9.17) is 4.74 Å². The van der Waals surface area contributed by atoms with E-state index < -0.39 is 0 Å². The van der Waals surface area contributed by atoms with Crippen LogP contribution in [0.15, 0.2) is 36.4 Å². The normalized spacial score (nSPS) is 10.5. The van der Waals surface area contributed by atoms with E-state index in [-0.39, 0.29) is 5.91 Å². The average molecular weight is 325 g/mol. The molecule has 1 amide bonds. The summed E-state index contributed by atoms with van der Waals surface area (Å²) in [5.41, 5.74) is 5.88. The van der Waals surface area contributed by atoms with Gasteiger partial charge in [-0.25, -0.2) is 0 Å². The summed E-state index contributed by atoms with van der Waals surface area (Å²) in [5.74, 6) is 0.895. The van der Waals surface area contributed by atoms with Crippen LogP contribution < -0.4 is 10.1 Å². The van der Waals surface area contributed by atoms with Crippen LogP contribution in [0.4, 0.5) is 0 Å². The Kier molecular flexibility index (Phi) is 6.42. The smallest absolute Gasteiger partial charge is 0.224 e. The number of carbonyl (C=O) groups is 1. The Hall–Kier alpha value is -2.29. The van der Waals surface area contributed by atoms with Crippen molar-refractivity contribution in [2.45, 2.75) is 46.6 Å². The maximum Gasteiger partial charge on any atom is 0.224 e. The molecule has 0 aliphatic carbocycles. The quantitative estimate of drug-likeness (QED) is 0.836. The topological polar surface area (TPSA) is 38.3 Å². The predicted molar refractivity (Wildman–Crippen MR) is 98.5 cm³/mol. The number of carbonyl (C=O) groups excluding carboxylic acids is 1. The first-order chi connectivity index (χ1) is 11.6. The highest BCUT2D eigenvalue weighted by Gasteiger charge is 2.08. The summed E-state index contributed by atoms with van der Waals surface area (Å²) in [5, 5.41) is 3.05. The van der Waals surface area contributed by atoms with Crippen molar-refractivity contribution in [3.63, 3.8) is 0 Å². The molecule has 0 radical (unpaired) electrons. The molecule has 0 spiro atoms. The Labute approximate surface area is 145 Å². The Morgan fingerprint density at radius 3 is 2.38 bits per heavy atom. The fourth-order valence-corrected chi connectivity index (χ4v) is 2.90. The highest BCUT2D eigenvalue weighted by atomic mass is 16.5. The van der Waals surface area contributed by atoms with E-state index in [0.29, 0.717) is 13.0 Å². The van der Waals surface area contributed by atoms with Gasteiger partial charge < -0.3 is 10.1 Å². The first-order valence-electron chi connectivity index (χ1n) is 8.58. The van der Waals surface area contributed by atoms with Crippen molar-refractivity contribution in [1.82, 2.24) is 5.32 Å². The third-order valence-electron chi connectivity index (χ3n) is 4.36. The molecule has 2 aromatic rings. The Balaban J connectivity index is 1.99. The van der Waals surface area contributed by atoms with E-state index in [1.54, 1.807) is 7.11 Å². The van der Waals surface area contributed by atoms with Gasteiger partial charge in [0.2, 0.25) is 5.91 Å². The standard InChI is InChI=1S/C21H27NO2/c1-5-16-7-9-18(6-2)19(12-16)14-22-21(23)13-17-8-10-20(24-4)15(3)11-17/h7-12H,5-6,13-14H2,1-4H3,(H,22,23). The van der Waals surface area contributed by atoms with Crippen molar-refractivity contribution in [2.75, 3.05) is 7.11 Å².